The average molecular weight is 560 g/mol. The molecule has 0 aromatic heterocycles. The van der Waals surface area contributed by atoms with Gasteiger partial charge >= 0.3 is 12.1 Å². The van der Waals surface area contributed by atoms with E-state index in [0.717, 1.165) is 29.2 Å². The molecule has 2 aromatic rings. The minimum Gasteiger partial charge on any atom is -0.550 e. The van der Waals surface area contributed by atoms with Crippen LogP contribution in [0.4, 0.5) is 4.79 Å². The quantitative estimate of drug-likeness (QED) is 0.250. The molecule has 1 aliphatic carbocycles. The van der Waals surface area contributed by atoms with Crippen LogP contribution >= 0.6 is 0 Å². The minimum atomic E-state index is -1.08. The lowest BCUT2D eigenvalue weighted by molar-refractivity contribution is -0.368. The van der Waals surface area contributed by atoms with Gasteiger partial charge in [-0.2, -0.15) is 0 Å². The number of ether oxygens (including phenoxy) is 3. The molecule has 0 bridgehead atoms. The van der Waals surface area contributed by atoms with Gasteiger partial charge in [0.15, 0.2) is 0 Å². The Morgan fingerprint density at radius 1 is 0.950 bits per heavy atom. The Labute approximate surface area is 233 Å². The molecule has 12 nitrogen and oxygen atoms in total. The summed E-state index contributed by atoms with van der Waals surface area (Å²) in [5.74, 6) is -2.37. The molecule has 0 radical (unpaired) electrons. The molecule has 0 atom stereocenters. The van der Waals surface area contributed by atoms with Crippen molar-refractivity contribution in [2.45, 2.75) is 19.3 Å². The minimum absolute atomic E-state index is 0.0521. The number of carbonyl (C=O) groups excluding carboxylic acids is 3. The molecular formula is C28H37N3O9. The first-order valence-corrected chi connectivity index (χ1v) is 12.9. The lowest BCUT2D eigenvalue weighted by Gasteiger charge is -2.22. The molecule has 12 heteroatoms. The van der Waals surface area contributed by atoms with Crippen molar-refractivity contribution in [3.8, 4) is 11.1 Å². The van der Waals surface area contributed by atoms with Gasteiger partial charge in [-0.15, -0.1) is 0 Å². The van der Waals surface area contributed by atoms with E-state index in [1.165, 1.54) is 4.90 Å². The third-order valence-corrected chi connectivity index (χ3v) is 5.76. The number of hydrogen-bond acceptors (Lipinski definition) is 8. The van der Waals surface area contributed by atoms with Crippen LogP contribution < -0.4 is 16.2 Å². The maximum absolute atomic E-state index is 12.8. The predicted octanol–water partition coefficient (Wildman–Crippen LogP) is -0.140. The third-order valence-electron chi connectivity index (χ3n) is 5.76. The SMILES string of the molecule is CC(=O)[O-].[NH3+]CCN(CC(=O)NCCOCCOCCC(=O)O)C(=O)OCC1c2ccccc2-c2ccccc21. The number of carbonyl (C=O) groups is 4. The van der Waals surface area contributed by atoms with E-state index in [9.17, 15) is 14.4 Å². The Bertz CT molecular complexity index is 1080. The van der Waals surface area contributed by atoms with Crippen molar-refractivity contribution in [1.82, 2.24) is 10.2 Å². The summed E-state index contributed by atoms with van der Waals surface area (Å²) in [6.07, 6.45) is -0.603. The highest BCUT2D eigenvalue weighted by Gasteiger charge is 2.30. The van der Waals surface area contributed by atoms with Gasteiger partial charge < -0.3 is 40.3 Å². The number of quaternary nitrogens is 1. The highest BCUT2D eigenvalue weighted by Crippen LogP contribution is 2.44. The van der Waals surface area contributed by atoms with E-state index >= 15 is 0 Å². The predicted molar refractivity (Wildman–Crippen MR) is 142 cm³/mol. The zero-order chi connectivity index (χ0) is 29.3. The van der Waals surface area contributed by atoms with Gasteiger partial charge in [0, 0.05) is 18.4 Å². The van der Waals surface area contributed by atoms with Crippen molar-refractivity contribution < 1.29 is 49.3 Å². The summed E-state index contributed by atoms with van der Waals surface area (Å²) in [6.45, 7) is 3.02. The largest absolute Gasteiger partial charge is 0.550 e. The van der Waals surface area contributed by atoms with Gasteiger partial charge in [-0.25, -0.2) is 4.79 Å². The maximum atomic E-state index is 12.8. The van der Waals surface area contributed by atoms with E-state index in [0.29, 0.717) is 19.7 Å². The van der Waals surface area contributed by atoms with E-state index in [-0.39, 0.29) is 57.8 Å². The fraction of sp³-hybridized carbons (Fsp3) is 0.429. The summed E-state index contributed by atoms with van der Waals surface area (Å²) in [4.78, 5) is 45.8. The number of benzene rings is 2. The summed E-state index contributed by atoms with van der Waals surface area (Å²) in [5, 5.41) is 20.1. The lowest BCUT2D eigenvalue weighted by atomic mass is 9.98. The van der Waals surface area contributed by atoms with Crippen molar-refractivity contribution in [1.29, 1.82) is 0 Å². The standard InChI is InChI=1S/C26H33N3O7.C2H4O2/c27-10-12-29(17-24(30)28-11-14-35-16-15-34-13-9-25(31)32)26(33)36-18-23-21-7-3-1-5-19(21)20-6-2-4-8-22(20)23;1-2(3)4/h1-8,23H,9-18,27H2,(H,28,30)(H,31,32);1H3,(H,3,4). The molecule has 3 rings (SSSR count). The molecule has 0 saturated carbocycles. The topological polar surface area (TPSA) is 182 Å². The van der Waals surface area contributed by atoms with Crippen LogP contribution in [0.2, 0.25) is 0 Å². The van der Waals surface area contributed by atoms with Gasteiger partial charge in [-0.1, -0.05) is 48.5 Å². The van der Waals surface area contributed by atoms with Crippen molar-refractivity contribution in [2.75, 3.05) is 59.2 Å². The summed E-state index contributed by atoms with van der Waals surface area (Å²) < 4.78 is 16.1. The van der Waals surface area contributed by atoms with Gasteiger partial charge in [0.25, 0.3) is 0 Å². The first-order chi connectivity index (χ1) is 19.2. The monoisotopic (exact) mass is 559 g/mol. The van der Waals surface area contributed by atoms with E-state index in [1.54, 1.807) is 0 Å². The van der Waals surface area contributed by atoms with Crippen LogP contribution in [-0.4, -0.2) is 93.2 Å². The second-order valence-corrected chi connectivity index (χ2v) is 8.79. The highest BCUT2D eigenvalue weighted by molar-refractivity contribution is 5.82. The number of nitrogens with zero attached hydrogens (tertiary/aromatic N) is 1. The molecular weight excluding hydrogens is 522 g/mol. The van der Waals surface area contributed by atoms with Gasteiger partial charge in [0.05, 0.1) is 45.9 Å². The van der Waals surface area contributed by atoms with E-state index in [2.05, 4.69) is 35.3 Å². The molecule has 0 fully saturated rings. The van der Waals surface area contributed by atoms with Crippen LogP contribution in [0.15, 0.2) is 48.5 Å². The van der Waals surface area contributed by atoms with Crippen molar-refractivity contribution >= 4 is 23.9 Å². The van der Waals surface area contributed by atoms with Crippen LogP contribution in [0.5, 0.6) is 0 Å². The Hall–Kier alpha value is -4.00. The maximum Gasteiger partial charge on any atom is 0.410 e. The number of carboxylic acid groups (broad SMARTS) is 2. The number of nitrogens with one attached hydrogen (secondary N) is 1. The van der Waals surface area contributed by atoms with Crippen molar-refractivity contribution in [3.63, 3.8) is 0 Å². The fourth-order valence-corrected chi connectivity index (χ4v) is 4.08. The average Bonchev–Trinajstić information content (AvgIpc) is 3.23. The summed E-state index contributed by atoms with van der Waals surface area (Å²) in [6, 6.07) is 16.2. The molecule has 0 aliphatic heterocycles. The van der Waals surface area contributed by atoms with E-state index in [4.69, 9.17) is 29.2 Å². The summed E-state index contributed by atoms with van der Waals surface area (Å²) >= 11 is 0. The van der Waals surface area contributed by atoms with Gasteiger partial charge in [-0.05, 0) is 29.2 Å². The van der Waals surface area contributed by atoms with Gasteiger partial charge in [0.2, 0.25) is 5.91 Å². The molecule has 2 amide bonds. The fourth-order valence-electron chi connectivity index (χ4n) is 4.08. The van der Waals surface area contributed by atoms with Gasteiger partial charge in [0.1, 0.15) is 13.2 Å². The number of aliphatic carboxylic acids is 2. The number of hydrogen-bond donors (Lipinski definition) is 3. The second-order valence-electron chi connectivity index (χ2n) is 8.79. The molecule has 0 heterocycles. The summed E-state index contributed by atoms with van der Waals surface area (Å²) in [7, 11) is 0. The Morgan fingerprint density at radius 2 is 1.50 bits per heavy atom. The molecule has 0 saturated heterocycles. The zero-order valence-electron chi connectivity index (χ0n) is 22.6. The van der Waals surface area contributed by atoms with Crippen LogP contribution in [0.1, 0.15) is 30.4 Å². The Morgan fingerprint density at radius 3 is 2.05 bits per heavy atom. The molecule has 0 unspecified atom stereocenters. The Kier molecular flexibility index (Phi) is 14.1. The van der Waals surface area contributed by atoms with E-state index < -0.39 is 18.0 Å². The van der Waals surface area contributed by atoms with Crippen LogP contribution in [-0.2, 0) is 28.6 Å². The number of fused-ring (bicyclic) bond motifs is 3. The van der Waals surface area contributed by atoms with E-state index in [1.807, 2.05) is 24.3 Å². The zero-order valence-corrected chi connectivity index (χ0v) is 22.6. The molecule has 1 aliphatic rings. The van der Waals surface area contributed by atoms with Crippen LogP contribution in [0, 0.1) is 0 Å². The van der Waals surface area contributed by atoms with Crippen LogP contribution in [0.3, 0.4) is 0 Å². The lowest BCUT2D eigenvalue weighted by Crippen LogP contribution is -2.56. The third kappa shape index (κ3) is 11.0. The van der Waals surface area contributed by atoms with Gasteiger partial charge in [-0.3, -0.25) is 14.5 Å². The second kappa shape index (κ2) is 17.6. The molecule has 218 valence electrons. The van der Waals surface area contributed by atoms with Crippen molar-refractivity contribution in [3.05, 3.63) is 59.7 Å². The highest BCUT2D eigenvalue weighted by atomic mass is 16.6. The molecule has 5 N–H and O–H groups in total. The first-order valence-electron chi connectivity index (χ1n) is 12.9. The molecule has 2 aromatic carbocycles. The normalized spacial score (nSPS) is 11.4. The Balaban J connectivity index is 0.00000131. The number of rotatable bonds is 15. The molecule has 40 heavy (non-hydrogen) atoms. The summed E-state index contributed by atoms with van der Waals surface area (Å²) in [5.41, 5.74) is 8.34. The first kappa shape index (κ1) is 32.2. The van der Waals surface area contributed by atoms with Crippen molar-refractivity contribution in [2.24, 2.45) is 0 Å². The van der Waals surface area contributed by atoms with Crippen LogP contribution in [0.25, 0.3) is 11.1 Å². The molecule has 0 spiro atoms. The smallest absolute Gasteiger partial charge is 0.410 e. The number of carboxylic acids is 2. The number of amides is 2.